The number of phenolic OH excluding ortho intramolecular Hbond substituents is 1. The molecule has 0 heterocycles. The van der Waals surface area contributed by atoms with E-state index >= 15 is 0 Å². The zero-order valence-electron chi connectivity index (χ0n) is 11.4. The second-order valence-electron chi connectivity index (χ2n) is 5.41. The van der Waals surface area contributed by atoms with Crippen molar-refractivity contribution < 1.29 is 9.90 Å². The molecule has 1 aliphatic rings. The first-order valence-electron chi connectivity index (χ1n) is 6.76. The van der Waals surface area contributed by atoms with Gasteiger partial charge in [-0.05, 0) is 37.0 Å². The van der Waals surface area contributed by atoms with Crippen LogP contribution in [0.3, 0.4) is 0 Å². The fraction of sp³-hybridized carbons (Fsp3) is 0.533. The summed E-state index contributed by atoms with van der Waals surface area (Å²) in [6, 6.07) is 4.83. The average molecular weight is 282 g/mol. The van der Waals surface area contributed by atoms with E-state index in [1.807, 2.05) is 7.05 Å². The zero-order valence-corrected chi connectivity index (χ0v) is 12.2. The predicted molar refractivity (Wildman–Crippen MR) is 76.6 cm³/mol. The highest BCUT2D eigenvalue weighted by Gasteiger charge is 2.29. The van der Waals surface area contributed by atoms with E-state index in [2.05, 4.69) is 6.92 Å². The van der Waals surface area contributed by atoms with Crippen molar-refractivity contribution in [3.8, 4) is 5.75 Å². The quantitative estimate of drug-likeness (QED) is 0.898. The van der Waals surface area contributed by atoms with E-state index in [0.29, 0.717) is 10.9 Å². The van der Waals surface area contributed by atoms with Crippen molar-refractivity contribution in [2.45, 2.75) is 38.6 Å². The van der Waals surface area contributed by atoms with Crippen molar-refractivity contribution in [2.24, 2.45) is 5.92 Å². The Balaban J connectivity index is 2.20. The normalized spacial score (nSPS) is 23.1. The predicted octanol–water partition coefficient (Wildman–Crippen LogP) is 3.70. The number of phenols is 1. The molecule has 2 rings (SSSR count). The van der Waals surface area contributed by atoms with Crippen LogP contribution in [0.2, 0.25) is 5.02 Å². The van der Waals surface area contributed by atoms with Crippen LogP contribution < -0.4 is 0 Å². The molecular weight excluding hydrogens is 262 g/mol. The minimum absolute atomic E-state index is 0.00953. The van der Waals surface area contributed by atoms with Gasteiger partial charge in [0, 0.05) is 18.1 Å². The van der Waals surface area contributed by atoms with E-state index < -0.39 is 0 Å². The minimum atomic E-state index is -0.154. The number of amides is 1. The Kier molecular flexibility index (Phi) is 4.35. The molecule has 1 fully saturated rings. The van der Waals surface area contributed by atoms with Gasteiger partial charge in [-0.25, -0.2) is 0 Å². The third-order valence-electron chi connectivity index (χ3n) is 4.07. The highest BCUT2D eigenvalue weighted by Crippen LogP contribution is 2.30. The number of hydrogen-bond acceptors (Lipinski definition) is 2. The first-order chi connectivity index (χ1) is 9.00. The molecule has 0 aromatic heterocycles. The van der Waals surface area contributed by atoms with Gasteiger partial charge in [0.25, 0.3) is 5.91 Å². The molecular formula is C15H20ClNO2. The van der Waals surface area contributed by atoms with Crippen LogP contribution in [0.1, 0.15) is 43.0 Å². The lowest BCUT2D eigenvalue weighted by Crippen LogP contribution is -2.42. The molecule has 1 aromatic rings. The molecule has 1 saturated carbocycles. The van der Waals surface area contributed by atoms with Gasteiger partial charge in [-0.1, -0.05) is 31.4 Å². The van der Waals surface area contributed by atoms with Gasteiger partial charge in [-0.15, -0.1) is 0 Å². The van der Waals surface area contributed by atoms with Gasteiger partial charge in [0.2, 0.25) is 0 Å². The largest absolute Gasteiger partial charge is 0.507 e. The number of aromatic hydroxyl groups is 1. The molecule has 3 nitrogen and oxygen atoms in total. The van der Waals surface area contributed by atoms with Crippen molar-refractivity contribution in [1.82, 2.24) is 4.90 Å². The molecule has 0 radical (unpaired) electrons. The first-order valence-corrected chi connectivity index (χ1v) is 7.14. The van der Waals surface area contributed by atoms with E-state index in [1.54, 1.807) is 11.0 Å². The fourth-order valence-electron chi connectivity index (χ4n) is 2.89. The minimum Gasteiger partial charge on any atom is -0.507 e. The summed E-state index contributed by atoms with van der Waals surface area (Å²) in [4.78, 5) is 14.2. The van der Waals surface area contributed by atoms with Crippen molar-refractivity contribution in [3.63, 3.8) is 0 Å². The third kappa shape index (κ3) is 3.03. The average Bonchev–Trinajstić information content (AvgIpc) is 2.40. The second kappa shape index (κ2) is 5.83. The number of rotatable bonds is 2. The van der Waals surface area contributed by atoms with E-state index in [9.17, 15) is 9.90 Å². The SMILES string of the molecule is CC1CCCCC1N(C)C(=O)c1cc(Cl)ccc1O. The lowest BCUT2D eigenvalue weighted by molar-refractivity contribution is 0.0626. The molecule has 0 spiro atoms. The molecule has 0 aliphatic heterocycles. The van der Waals surface area contributed by atoms with E-state index in [-0.39, 0.29) is 23.3 Å². The van der Waals surface area contributed by atoms with Crippen molar-refractivity contribution in [1.29, 1.82) is 0 Å². The molecule has 4 heteroatoms. The van der Waals surface area contributed by atoms with Gasteiger partial charge < -0.3 is 10.0 Å². The van der Waals surface area contributed by atoms with Crippen LogP contribution >= 0.6 is 11.6 Å². The Morgan fingerprint density at radius 3 is 2.74 bits per heavy atom. The number of nitrogens with zero attached hydrogens (tertiary/aromatic N) is 1. The van der Waals surface area contributed by atoms with Crippen molar-refractivity contribution in [3.05, 3.63) is 28.8 Å². The van der Waals surface area contributed by atoms with Crippen LogP contribution in [0.15, 0.2) is 18.2 Å². The third-order valence-corrected chi connectivity index (χ3v) is 4.31. The van der Waals surface area contributed by atoms with Gasteiger partial charge in [0.1, 0.15) is 5.75 Å². The summed E-state index contributed by atoms with van der Waals surface area (Å²) in [6.45, 7) is 2.19. The molecule has 104 valence electrons. The van der Waals surface area contributed by atoms with Crippen LogP contribution in [-0.2, 0) is 0 Å². The summed E-state index contributed by atoms with van der Waals surface area (Å²) in [5.41, 5.74) is 0.285. The van der Waals surface area contributed by atoms with E-state index in [1.165, 1.54) is 18.6 Å². The lowest BCUT2D eigenvalue weighted by Gasteiger charge is -2.36. The van der Waals surface area contributed by atoms with Crippen LogP contribution in [0, 0.1) is 5.92 Å². The van der Waals surface area contributed by atoms with Crippen LogP contribution in [-0.4, -0.2) is 29.0 Å². The Hall–Kier alpha value is -1.22. The molecule has 1 aromatic carbocycles. The smallest absolute Gasteiger partial charge is 0.257 e. The Labute approximate surface area is 119 Å². The number of carbonyl (C=O) groups excluding carboxylic acids is 1. The lowest BCUT2D eigenvalue weighted by atomic mass is 9.85. The Morgan fingerprint density at radius 1 is 1.37 bits per heavy atom. The maximum Gasteiger partial charge on any atom is 0.257 e. The van der Waals surface area contributed by atoms with Gasteiger partial charge in [-0.2, -0.15) is 0 Å². The van der Waals surface area contributed by atoms with Crippen LogP contribution in [0.4, 0.5) is 0 Å². The van der Waals surface area contributed by atoms with Crippen LogP contribution in [0.5, 0.6) is 5.75 Å². The van der Waals surface area contributed by atoms with Gasteiger partial charge in [0.05, 0.1) is 5.56 Å². The molecule has 0 bridgehead atoms. The first kappa shape index (κ1) is 14.2. The summed E-state index contributed by atoms with van der Waals surface area (Å²) in [7, 11) is 1.81. The number of hydrogen-bond donors (Lipinski definition) is 1. The Bertz CT molecular complexity index is 475. The molecule has 1 aliphatic carbocycles. The summed E-state index contributed by atoms with van der Waals surface area (Å²) in [5, 5.41) is 10.3. The fourth-order valence-corrected chi connectivity index (χ4v) is 3.06. The summed E-state index contributed by atoms with van der Waals surface area (Å²) < 4.78 is 0. The molecule has 1 N–H and O–H groups in total. The van der Waals surface area contributed by atoms with E-state index in [4.69, 9.17) is 11.6 Å². The molecule has 19 heavy (non-hydrogen) atoms. The van der Waals surface area contributed by atoms with Gasteiger partial charge in [-0.3, -0.25) is 4.79 Å². The monoisotopic (exact) mass is 281 g/mol. The highest BCUT2D eigenvalue weighted by atomic mass is 35.5. The molecule has 2 unspecified atom stereocenters. The molecule has 2 atom stereocenters. The summed E-state index contributed by atoms with van der Waals surface area (Å²) >= 11 is 5.90. The molecule has 0 saturated heterocycles. The topological polar surface area (TPSA) is 40.5 Å². The van der Waals surface area contributed by atoms with Gasteiger partial charge >= 0.3 is 0 Å². The standard InChI is InChI=1S/C15H20ClNO2/c1-10-5-3-4-6-13(10)17(2)15(19)12-9-11(16)7-8-14(12)18/h7-10,13,18H,3-6H2,1-2H3. The summed E-state index contributed by atoms with van der Waals surface area (Å²) in [6.07, 6.45) is 4.59. The zero-order chi connectivity index (χ0) is 14.0. The van der Waals surface area contributed by atoms with Crippen LogP contribution in [0.25, 0.3) is 0 Å². The van der Waals surface area contributed by atoms with Crippen molar-refractivity contribution in [2.75, 3.05) is 7.05 Å². The molecule has 1 amide bonds. The maximum absolute atomic E-state index is 12.5. The number of halogens is 1. The second-order valence-corrected chi connectivity index (χ2v) is 5.84. The number of carbonyl (C=O) groups is 1. The summed E-state index contributed by atoms with van der Waals surface area (Å²) in [5.74, 6) is 0.340. The Morgan fingerprint density at radius 2 is 2.05 bits per heavy atom. The highest BCUT2D eigenvalue weighted by molar-refractivity contribution is 6.31. The van der Waals surface area contributed by atoms with Gasteiger partial charge in [0.15, 0.2) is 0 Å². The van der Waals surface area contributed by atoms with Crippen molar-refractivity contribution >= 4 is 17.5 Å². The van der Waals surface area contributed by atoms with E-state index in [0.717, 1.165) is 19.3 Å². The maximum atomic E-state index is 12.5. The number of benzene rings is 1.